The number of fused-ring (bicyclic) bond motifs is 3. The fourth-order valence-electron chi connectivity index (χ4n) is 5.85. The van der Waals surface area contributed by atoms with Gasteiger partial charge in [0.2, 0.25) is 0 Å². The van der Waals surface area contributed by atoms with Gasteiger partial charge in [-0.2, -0.15) is 0 Å². The molecule has 2 aromatic carbocycles. The van der Waals surface area contributed by atoms with E-state index in [1.165, 1.54) is 0 Å². The SMILES string of the molecule is CCn1c(C)c(C2(c3c(C)n(C)c4ccccc34)OC(=O)c3ccncc32)c2ccccc21. The standard InChI is InChI=1S/C28H25N3O2/c1-5-31-18(3)26(21-11-7-9-13-24(21)31)28(22-16-29-15-14-19(22)27(32)33-28)25-17(2)30(4)23-12-8-6-10-20(23)25/h6-16H,5H2,1-4H3. The minimum atomic E-state index is -1.09. The summed E-state index contributed by atoms with van der Waals surface area (Å²) in [5.41, 5.74) is 6.70. The van der Waals surface area contributed by atoms with Crippen molar-refractivity contribution in [3.63, 3.8) is 0 Å². The molecule has 0 fully saturated rings. The van der Waals surface area contributed by atoms with E-state index in [0.717, 1.165) is 56.4 Å². The summed E-state index contributed by atoms with van der Waals surface area (Å²) < 4.78 is 11.0. The highest BCUT2D eigenvalue weighted by Gasteiger charge is 2.53. The van der Waals surface area contributed by atoms with E-state index in [9.17, 15) is 4.79 Å². The Bertz CT molecular complexity index is 1590. The van der Waals surface area contributed by atoms with Crippen LogP contribution in [-0.2, 0) is 23.9 Å². The van der Waals surface area contributed by atoms with Crippen LogP contribution >= 0.6 is 0 Å². The molecule has 1 unspecified atom stereocenters. The van der Waals surface area contributed by atoms with Crippen molar-refractivity contribution in [2.45, 2.75) is 32.9 Å². The molecule has 5 aromatic rings. The van der Waals surface area contributed by atoms with E-state index in [4.69, 9.17) is 4.74 Å². The van der Waals surface area contributed by atoms with Gasteiger partial charge >= 0.3 is 5.97 Å². The summed E-state index contributed by atoms with van der Waals surface area (Å²) in [6.45, 7) is 7.21. The number of hydrogen-bond acceptors (Lipinski definition) is 3. The second kappa shape index (κ2) is 6.82. The fourth-order valence-corrected chi connectivity index (χ4v) is 5.85. The number of rotatable bonds is 3. The van der Waals surface area contributed by atoms with Gasteiger partial charge in [0, 0.05) is 75.9 Å². The van der Waals surface area contributed by atoms with Crippen LogP contribution < -0.4 is 0 Å². The first-order valence-electron chi connectivity index (χ1n) is 11.3. The van der Waals surface area contributed by atoms with E-state index in [1.54, 1.807) is 18.5 Å². The van der Waals surface area contributed by atoms with Gasteiger partial charge in [-0.3, -0.25) is 4.98 Å². The lowest BCUT2D eigenvalue weighted by Gasteiger charge is -2.31. The molecule has 5 heteroatoms. The maximum Gasteiger partial charge on any atom is 0.340 e. The molecule has 1 atom stereocenters. The molecule has 0 saturated carbocycles. The molecule has 0 saturated heterocycles. The molecule has 3 aromatic heterocycles. The highest BCUT2D eigenvalue weighted by atomic mass is 16.6. The van der Waals surface area contributed by atoms with Crippen LogP contribution in [0.15, 0.2) is 67.0 Å². The number of ether oxygens (including phenoxy) is 1. The third-order valence-corrected chi connectivity index (χ3v) is 7.32. The van der Waals surface area contributed by atoms with Crippen LogP contribution in [0.1, 0.15) is 45.4 Å². The largest absolute Gasteiger partial charge is 0.440 e. The molecule has 4 heterocycles. The van der Waals surface area contributed by atoms with Crippen LogP contribution in [0, 0.1) is 13.8 Å². The highest BCUT2D eigenvalue weighted by molar-refractivity contribution is 6.01. The number of pyridine rings is 1. The topological polar surface area (TPSA) is 49.0 Å². The number of cyclic esters (lactones) is 1. The van der Waals surface area contributed by atoms with Crippen LogP contribution in [0.25, 0.3) is 21.8 Å². The number of aromatic nitrogens is 3. The van der Waals surface area contributed by atoms with Crippen LogP contribution in [0.4, 0.5) is 0 Å². The first kappa shape index (κ1) is 19.8. The van der Waals surface area contributed by atoms with Gasteiger partial charge < -0.3 is 13.9 Å². The molecule has 6 rings (SSSR count). The summed E-state index contributed by atoms with van der Waals surface area (Å²) in [5.74, 6) is -0.313. The van der Waals surface area contributed by atoms with Crippen LogP contribution in [-0.4, -0.2) is 20.1 Å². The second-order valence-corrected chi connectivity index (χ2v) is 8.75. The van der Waals surface area contributed by atoms with E-state index in [1.807, 2.05) is 12.1 Å². The summed E-state index contributed by atoms with van der Waals surface area (Å²) in [7, 11) is 2.07. The minimum absolute atomic E-state index is 0.313. The average Bonchev–Trinajstić information content (AvgIpc) is 3.39. The molecular formula is C28H25N3O2. The fraction of sp³-hybridized carbons (Fsp3) is 0.214. The first-order chi connectivity index (χ1) is 16.0. The number of carbonyl (C=O) groups excluding carboxylic acids is 1. The lowest BCUT2D eigenvalue weighted by Crippen LogP contribution is -2.31. The van der Waals surface area contributed by atoms with Crippen molar-refractivity contribution in [1.82, 2.24) is 14.1 Å². The van der Waals surface area contributed by atoms with E-state index in [0.29, 0.717) is 5.56 Å². The zero-order chi connectivity index (χ0) is 22.9. The first-order valence-corrected chi connectivity index (χ1v) is 11.3. The Hall–Kier alpha value is -3.86. The Kier molecular flexibility index (Phi) is 4.09. The molecular weight excluding hydrogens is 410 g/mol. The van der Waals surface area contributed by atoms with Crippen molar-refractivity contribution < 1.29 is 9.53 Å². The predicted octanol–water partition coefficient (Wildman–Crippen LogP) is 5.63. The predicted molar refractivity (Wildman–Crippen MR) is 130 cm³/mol. The normalized spacial score (nSPS) is 17.6. The number of hydrogen-bond donors (Lipinski definition) is 0. The van der Waals surface area contributed by atoms with Crippen LogP contribution in [0.3, 0.4) is 0 Å². The zero-order valence-corrected chi connectivity index (χ0v) is 19.2. The number of nitrogens with zero attached hydrogens (tertiary/aromatic N) is 3. The van der Waals surface area contributed by atoms with E-state index in [-0.39, 0.29) is 5.97 Å². The van der Waals surface area contributed by atoms with E-state index >= 15 is 0 Å². The Labute approximate surface area is 192 Å². The summed E-state index contributed by atoms with van der Waals surface area (Å²) in [4.78, 5) is 17.8. The van der Waals surface area contributed by atoms with Crippen molar-refractivity contribution in [3.8, 4) is 0 Å². The zero-order valence-electron chi connectivity index (χ0n) is 19.2. The van der Waals surface area contributed by atoms with Crippen molar-refractivity contribution in [2.75, 3.05) is 0 Å². The molecule has 1 aliphatic rings. The molecule has 0 radical (unpaired) electrons. The quantitative estimate of drug-likeness (QED) is 0.345. The number of carbonyl (C=O) groups is 1. The third-order valence-electron chi connectivity index (χ3n) is 7.32. The van der Waals surface area contributed by atoms with Crippen molar-refractivity contribution in [1.29, 1.82) is 0 Å². The molecule has 5 nitrogen and oxygen atoms in total. The third kappa shape index (κ3) is 2.37. The Morgan fingerprint density at radius 3 is 2.27 bits per heavy atom. The monoisotopic (exact) mass is 435 g/mol. The molecule has 0 aliphatic carbocycles. The number of aryl methyl sites for hydroxylation is 2. The smallest absolute Gasteiger partial charge is 0.340 e. The lowest BCUT2D eigenvalue weighted by atomic mass is 9.78. The second-order valence-electron chi connectivity index (χ2n) is 8.75. The summed E-state index contributed by atoms with van der Waals surface area (Å²) in [6, 6.07) is 18.5. The maximum absolute atomic E-state index is 13.3. The molecule has 0 N–H and O–H groups in total. The summed E-state index contributed by atoms with van der Waals surface area (Å²) >= 11 is 0. The van der Waals surface area contributed by atoms with Gasteiger partial charge in [0.25, 0.3) is 0 Å². The number of para-hydroxylation sites is 2. The average molecular weight is 436 g/mol. The van der Waals surface area contributed by atoms with Crippen molar-refractivity contribution >= 4 is 27.8 Å². The lowest BCUT2D eigenvalue weighted by molar-refractivity contribution is 0.0255. The van der Waals surface area contributed by atoms with E-state index in [2.05, 4.69) is 78.3 Å². The van der Waals surface area contributed by atoms with Crippen molar-refractivity contribution in [3.05, 3.63) is 101 Å². The summed E-state index contributed by atoms with van der Waals surface area (Å²) in [5, 5.41) is 2.17. The Morgan fingerprint density at radius 1 is 0.909 bits per heavy atom. The molecule has 164 valence electrons. The number of benzene rings is 2. The Balaban J connectivity index is 1.87. The minimum Gasteiger partial charge on any atom is -0.440 e. The van der Waals surface area contributed by atoms with Gasteiger partial charge in [0.1, 0.15) is 0 Å². The van der Waals surface area contributed by atoms with Gasteiger partial charge in [-0.1, -0.05) is 36.4 Å². The van der Waals surface area contributed by atoms with Gasteiger partial charge in [0.05, 0.1) is 5.56 Å². The highest BCUT2D eigenvalue weighted by Crippen LogP contribution is 2.53. The molecule has 0 spiro atoms. The van der Waals surface area contributed by atoms with Gasteiger partial charge in [0.15, 0.2) is 5.60 Å². The van der Waals surface area contributed by atoms with Gasteiger partial charge in [-0.15, -0.1) is 0 Å². The van der Waals surface area contributed by atoms with Crippen LogP contribution in [0.2, 0.25) is 0 Å². The summed E-state index contributed by atoms with van der Waals surface area (Å²) in [6.07, 6.45) is 3.47. The molecule has 0 bridgehead atoms. The number of esters is 1. The molecule has 33 heavy (non-hydrogen) atoms. The van der Waals surface area contributed by atoms with Crippen molar-refractivity contribution in [2.24, 2.45) is 7.05 Å². The van der Waals surface area contributed by atoms with Gasteiger partial charge in [-0.05, 0) is 39.0 Å². The maximum atomic E-state index is 13.3. The molecule has 1 aliphatic heterocycles. The van der Waals surface area contributed by atoms with Crippen LogP contribution in [0.5, 0.6) is 0 Å². The van der Waals surface area contributed by atoms with Gasteiger partial charge in [-0.25, -0.2) is 4.79 Å². The Morgan fingerprint density at radius 2 is 1.55 bits per heavy atom. The molecule has 0 amide bonds. The van der Waals surface area contributed by atoms with E-state index < -0.39 is 5.60 Å².